The number of hydrogen-bond donors (Lipinski definition) is 2. The van der Waals surface area contributed by atoms with Crippen LogP contribution < -0.4 is 11.1 Å². The topological polar surface area (TPSA) is 121 Å². The van der Waals surface area contributed by atoms with Crippen LogP contribution in [0.2, 0.25) is 0 Å². The number of nitrogen functional groups attached to an aromatic ring is 1. The van der Waals surface area contributed by atoms with Crippen LogP contribution in [0.25, 0.3) is 10.9 Å². The first-order valence-electron chi connectivity index (χ1n) is 10.7. The Hall–Kier alpha value is -2.94. The Morgan fingerprint density at radius 3 is 2.68 bits per heavy atom. The van der Waals surface area contributed by atoms with E-state index in [1.165, 1.54) is 0 Å². The number of carbonyl (C=O) groups is 1. The van der Waals surface area contributed by atoms with Gasteiger partial charge in [0.1, 0.15) is 6.04 Å². The average Bonchev–Trinajstić information content (AvgIpc) is 3.29. The smallest absolute Gasteiger partial charge is 0.312 e. The van der Waals surface area contributed by atoms with Crippen LogP contribution in [0.4, 0.5) is 6.01 Å². The second-order valence-electron chi connectivity index (χ2n) is 9.36. The molecule has 0 bridgehead atoms. The Morgan fingerprint density at radius 1 is 1.29 bits per heavy atom. The number of nitrogens with one attached hydrogen (secondary N) is 1. The zero-order valence-electron chi connectivity index (χ0n) is 18.5. The lowest BCUT2D eigenvalue weighted by atomic mass is 9.86. The lowest BCUT2D eigenvalue weighted by Crippen LogP contribution is -2.37. The Bertz CT molecular complexity index is 1070. The molecule has 0 radical (unpaired) electrons. The number of amides is 1. The number of aryl methyl sites for hydroxylation is 1. The van der Waals surface area contributed by atoms with E-state index in [0.717, 1.165) is 49.1 Å². The molecule has 166 valence electrons. The van der Waals surface area contributed by atoms with E-state index < -0.39 is 6.04 Å². The molecule has 1 amide bonds. The summed E-state index contributed by atoms with van der Waals surface area (Å²) in [7, 11) is 0. The largest absolute Gasteiger partial charge is 0.406 e. The molecule has 0 saturated carbocycles. The summed E-state index contributed by atoms with van der Waals surface area (Å²) in [5.74, 6) is 0.480. The maximum absolute atomic E-state index is 13.4. The van der Waals surface area contributed by atoms with Crippen molar-refractivity contribution in [3.63, 3.8) is 0 Å². The van der Waals surface area contributed by atoms with Crippen molar-refractivity contribution in [1.29, 1.82) is 0 Å². The van der Waals surface area contributed by atoms with Gasteiger partial charge in [-0.3, -0.25) is 9.48 Å². The molecule has 9 heteroatoms. The van der Waals surface area contributed by atoms with E-state index in [9.17, 15) is 4.79 Å². The number of nitrogens with two attached hydrogens (primary N) is 1. The quantitative estimate of drug-likeness (QED) is 0.642. The van der Waals surface area contributed by atoms with Crippen molar-refractivity contribution < 1.29 is 13.9 Å². The molecule has 1 aliphatic rings. The molecule has 0 aliphatic carbocycles. The highest BCUT2D eigenvalue weighted by Crippen LogP contribution is 2.33. The summed E-state index contributed by atoms with van der Waals surface area (Å²) in [5, 5.41) is 16.3. The number of hydrogen-bond acceptors (Lipinski definition) is 7. The standard InChI is InChI=1S/C22H30N6O3/c1-13-5-6-15-16(11-13)28(12-14-7-9-30-10-8-14)27-17(15)19(29)24-18(22(2,3)4)20-25-26-21(23)31-20/h5-6,11,14,18H,7-10,12H2,1-4H3,(H2,23,26)(H,24,29). The van der Waals surface area contributed by atoms with Crippen molar-refractivity contribution in [2.24, 2.45) is 11.3 Å². The van der Waals surface area contributed by atoms with Gasteiger partial charge >= 0.3 is 6.01 Å². The van der Waals surface area contributed by atoms with Crippen LogP contribution >= 0.6 is 0 Å². The number of rotatable bonds is 5. The molecule has 1 aromatic carbocycles. The molecular weight excluding hydrogens is 396 g/mol. The molecule has 3 heterocycles. The number of ether oxygens (including phenoxy) is 1. The molecule has 4 rings (SSSR count). The second kappa shape index (κ2) is 8.30. The maximum Gasteiger partial charge on any atom is 0.312 e. The second-order valence-corrected chi connectivity index (χ2v) is 9.36. The molecular formula is C22H30N6O3. The highest BCUT2D eigenvalue weighted by molar-refractivity contribution is 6.05. The lowest BCUT2D eigenvalue weighted by Gasteiger charge is -2.28. The van der Waals surface area contributed by atoms with Crippen LogP contribution in [0, 0.1) is 18.3 Å². The Labute approximate surface area is 181 Å². The fourth-order valence-corrected chi connectivity index (χ4v) is 3.98. The molecule has 9 nitrogen and oxygen atoms in total. The summed E-state index contributed by atoms with van der Waals surface area (Å²) in [6, 6.07) is 5.51. The van der Waals surface area contributed by atoms with Gasteiger partial charge < -0.3 is 20.2 Å². The fourth-order valence-electron chi connectivity index (χ4n) is 3.98. The van der Waals surface area contributed by atoms with Crippen molar-refractivity contribution >= 4 is 22.8 Å². The zero-order chi connectivity index (χ0) is 22.2. The SMILES string of the molecule is Cc1ccc2c(C(=O)NC(c3nnc(N)o3)C(C)(C)C)nn(CC3CCOCC3)c2c1. The Morgan fingerprint density at radius 2 is 2.03 bits per heavy atom. The molecule has 1 saturated heterocycles. The van der Waals surface area contributed by atoms with Gasteiger partial charge in [-0.2, -0.15) is 5.10 Å². The third-order valence-corrected chi connectivity index (χ3v) is 5.74. The summed E-state index contributed by atoms with van der Waals surface area (Å²) >= 11 is 0. The summed E-state index contributed by atoms with van der Waals surface area (Å²) in [5.41, 5.74) is 7.72. The van der Waals surface area contributed by atoms with Crippen molar-refractivity contribution in [1.82, 2.24) is 25.3 Å². The minimum Gasteiger partial charge on any atom is -0.406 e. The molecule has 0 spiro atoms. The molecule has 1 unspecified atom stereocenters. The highest BCUT2D eigenvalue weighted by atomic mass is 16.5. The van der Waals surface area contributed by atoms with Crippen LogP contribution in [0.3, 0.4) is 0 Å². The first-order valence-corrected chi connectivity index (χ1v) is 10.7. The lowest BCUT2D eigenvalue weighted by molar-refractivity contribution is 0.0604. The van der Waals surface area contributed by atoms with Gasteiger partial charge in [0.25, 0.3) is 5.91 Å². The van der Waals surface area contributed by atoms with Gasteiger partial charge in [-0.15, -0.1) is 5.10 Å². The zero-order valence-corrected chi connectivity index (χ0v) is 18.5. The van der Waals surface area contributed by atoms with Gasteiger partial charge in [0.2, 0.25) is 5.89 Å². The van der Waals surface area contributed by atoms with E-state index in [2.05, 4.69) is 21.6 Å². The molecule has 3 N–H and O–H groups in total. The third kappa shape index (κ3) is 4.56. The van der Waals surface area contributed by atoms with Crippen LogP contribution in [0.1, 0.15) is 61.6 Å². The molecule has 3 aromatic rings. The van der Waals surface area contributed by atoms with E-state index >= 15 is 0 Å². The molecule has 2 aromatic heterocycles. The van der Waals surface area contributed by atoms with Crippen LogP contribution in [-0.2, 0) is 11.3 Å². The highest BCUT2D eigenvalue weighted by Gasteiger charge is 2.34. The minimum atomic E-state index is -0.508. The monoisotopic (exact) mass is 426 g/mol. The summed E-state index contributed by atoms with van der Waals surface area (Å²) in [4.78, 5) is 13.4. The Kier molecular flexibility index (Phi) is 5.70. The van der Waals surface area contributed by atoms with E-state index in [-0.39, 0.29) is 23.2 Å². The van der Waals surface area contributed by atoms with E-state index in [0.29, 0.717) is 11.6 Å². The van der Waals surface area contributed by atoms with Gasteiger partial charge in [-0.25, -0.2) is 0 Å². The Balaban J connectivity index is 1.66. The molecule has 31 heavy (non-hydrogen) atoms. The van der Waals surface area contributed by atoms with Crippen LogP contribution in [-0.4, -0.2) is 39.1 Å². The molecule has 1 atom stereocenters. The molecule has 1 fully saturated rings. The van der Waals surface area contributed by atoms with E-state index in [1.807, 2.05) is 44.5 Å². The van der Waals surface area contributed by atoms with Crippen molar-refractivity contribution in [2.75, 3.05) is 18.9 Å². The number of fused-ring (bicyclic) bond motifs is 1. The average molecular weight is 427 g/mol. The summed E-state index contributed by atoms with van der Waals surface area (Å²) < 4.78 is 12.9. The summed E-state index contributed by atoms with van der Waals surface area (Å²) in [6.07, 6.45) is 2.00. The number of aromatic nitrogens is 4. The van der Waals surface area contributed by atoms with Gasteiger partial charge in [-0.1, -0.05) is 38.0 Å². The number of benzene rings is 1. The van der Waals surface area contributed by atoms with E-state index in [1.54, 1.807) is 0 Å². The maximum atomic E-state index is 13.4. The number of carbonyl (C=O) groups excluding carboxylic acids is 1. The predicted octanol–water partition coefficient (Wildman–Crippen LogP) is 3.25. The van der Waals surface area contributed by atoms with E-state index in [4.69, 9.17) is 20.0 Å². The first-order chi connectivity index (χ1) is 14.7. The predicted molar refractivity (Wildman–Crippen MR) is 116 cm³/mol. The van der Waals surface area contributed by atoms with Gasteiger partial charge in [0.05, 0.1) is 5.52 Å². The van der Waals surface area contributed by atoms with Crippen molar-refractivity contribution in [3.8, 4) is 0 Å². The van der Waals surface area contributed by atoms with Crippen LogP contribution in [0.15, 0.2) is 22.6 Å². The fraction of sp³-hybridized carbons (Fsp3) is 0.545. The normalized spacial score (nSPS) is 16.5. The van der Waals surface area contributed by atoms with Crippen molar-refractivity contribution in [3.05, 3.63) is 35.3 Å². The minimum absolute atomic E-state index is 0.0276. The van der Waals surface area contributed by atoms with Crippen LogP contribution in [0.5, 0.6) is 0 Å². The number of anilines is 1. The number of nitrogens with zero attached hydrogens (tertiary/aromatic N) is 4. The third-order valence-electron chi connectivity index (χ3n) is 5.74. The van der Waals surface area contributed by atoms with Crippen molar-refractivity contribution in [2.45, 2.75) is 53.1 Å². The summed E-state index contributed by atoms with van der Waals surface area (Å²) in [6.45, 7) is 10.3. The van der Waals surface area contributed by atoms with Gasteiger partial charge in [0, 0.05) is 25.1 Å². The van der Waals surface area contributed by atoms with Gasteiger partial charge in [0.15, 0.2) is 5.69 Å². The van der Waals surface area contributed by atoms with Gasteiger partial charge in [-0.05, 0) is 42.7 Å². The molecule has 1 aliphatic heterocycles. The first kappa shape index (κ1) is 21.3.